The number of nitrogens with zero attached hydrogens (tertiary/aromatic N) is 1. The second-order valence-electron chi connectivity index (χ2n) is 4.65. The molecule has 1 amide bonds. The standard InChI is InChI=1S/C18H14N2O2S/c21-18(20-19-13-17-7-4-12-23-17)14-8-10-16(11-9-14)22-15-5-2-1-3-6-15/h1-13H,(H,20,21)/b19-13+. The van der Waals surface area contributed by atoms with Crippen molar-refractivity contribution in [2.24, 2.45) is 5.10 Å². The largest absolute Gasteiger partial charge is 0.457 e. The first kappa shape index (κ1) is 15.0. The minimum Gasteiger partial charge on any atom is -0.457 e. The van der Waals surface area contributed by atoms with Crippen LogP contribution in [0, 0.1) is 0 Å². The fraction of sp³-hybridized carbons (Fsp3) is 0. The predicted octanol–water partition coefficient (Wildman–Crippen LogP) is 4.30. The predicted molar refractivity (Wildman–Crippen MR) is 92.3 cm³/mol. The zero-order valence-electron chi connectivity index (χ0n) is 12.2. The van der Waals surface area contributed by atoms with Gasteiger partial charge in [0.05, 0.1) is 6.21 Å². The SMILES string of the molecule is O=C(N/N=C/c1cccs1)c1ccc(Oc2ccccc2)cc1. The maximum atomic E-state index is 12.0. The quantitative estimate of drug-likeness (QED) is 0.562. The first-order valence-corrected chi connectivity index (χ1v) is 7.89. The number of carbonyl (C=O) groups excluding carboxylic acids is 1. The summed E-state index contributed by atoms with van der Waals surface area (Å²) in [5.74, 6) is 1.17. The maximum absolute atomic E-state index is 12.0. The van der Waals surface area contributed by atoms with Crippen LogP contribution < -0.4 is 10.2 Å². The Morgan fingerprint density at radius 1 is 0.957 bits per heavy atom. The second kappa shape index (κ2) is 7.38. The van der Waals surface area contributed by atoms with Gasteiger partial charge in [-0.05, 0) is 47.8 Å². The number of hydrazone groups is 1. The molecular formula is C18H14N2O2S. The van der Waals surface area contributed by atoms with Crippen LogP contribution in [0.1, 0.15) is 15.2 Å². The lowest BCUT2D eigenvalue weighted by atomic mass is 10.2. The van der Waals surface area contributed by atoms with Crippen molar-refractivity contribution in [3.05, 3.63) is 82.6 Å². The minimum absolute atomic E-state index is 0.260. The van der Waals surface area contributed by atoms with Gasteiger partial charge in [0, 0.05) is 10.4 Å². The molecular weight excluding hydrogens is 308 g/mol. The molecule has 4 nitrogen and oxygen atoms in total. The van der Waals surface area contributed by atoms with Crippen LogP contribution in [0.2, 0.25) is 0 Å². The zero-order valence-corrected chi connectivity index (χ0v) is 13.0. The smallest absolute Gasteiger partial charge is 0.271 e. The molecule has 2 aromatic carbocycles. The van der Waals surface area contributed by atoms with Crippen LogP contribution in [0.4, 0.5) is 0 Å². The number of hydrogen-bond acceptors (Lipinski definition) is 4. The van der Waals surface area contributed by atoms with Gasteiger partial charge in [-0.25, -0.2) is 5.43 Å². The Morgan fingerprint density at radius 2 is 1.70 bits per heavy atom. The van der Waals surface area contributed by atoms with Crippen molar-refractivity contribution in [1.29, 1.82) is 0 Å². The van der Waals surface area contributed by atoms with Crippen molar-refractivity contribution < 1.29 is 9.53 Å². The highest BCUT2D eigenvalue weighted by molar-refractivity contribution is 7.11. The Labute approximate surface area is 138 Å². The van der Waals surface area contributed by atoms with E-state index < -0.39 is 0 Å². The van der Waals surface area contributed by atoms with Gasteiger partial charge in [0.25, 0.3) is 5.91 Å². The van der Waals surface area contributed by atoms with Crippen molar-refractivity contribution in [3.63, 3.8) is 0 Å². The topological polar surface area (TPSA) is 50.7 Å². The zero-order chi connectivity index (χ0) is 15.9. The van der Waals surface area contributed by atoms with Gasteiger partial charge in [0.2, 0.25) is 0 Å². The molecule has 3 aromatic rings. The molecule has 0 aliphatic rings. The van der Waals surface area contributed by atoms with Gasteiger partial charge in [0.15, 0.2) is 0 Å². The van der Waals surface area contributed by atoms with Gasteiger partial charge in [-0.15, -0.1) is 11.3 Å². The molecule has 0 unspecified atom stereocenters. The molecule has 0 saturated heterocycles. The van der Waals surface area contributed by atoms with E-state index in [0.29, 0.717) is 11.3 Å². The fourth-order valence-electron chi connectivity index (χ4n) is 1.88. The Balaban J connectivity index is 1.59. The molecule has 3 rings (SSSR count). The van der Waals surface area contributed by atoms with Crippen molar-refractivity contribution in [3.8, 4) is 11.5 Å². The van der Waals surface area contributed by atoms with E-state index in [2.05, 4.69) is 10.5 Å². The number of amides is 1. The molecule has 0 aliphatic carbocycles. The number of ether oxygens (including phenoxy) is 1. The summed E-state index contributed by atoms with van der Waals surface area (Å²) < 4.78 is 5.68. The number of carbonyl (C=O) groups is 1. The lowest BCUT2D eigenvalue weighted by Crippen LogP contribution is -2.17. The minimum atomic E-state index is -0.260. The van der Waals surface area contributed by atoms with Crippen LogP contribution in [0.15, 0.2) is 77.2 Å². The van der Waals surface area contributed by atoms with Crippen LogP contribution >= 0.6 is 11.3 Å². The van der Waals surface area contributed by atoms with Gasteiger partial charge >= 0.3 is 0 Å². The maximum Gasteiger partial charge on any atom is 0.271 e. The Bertz CT molecular complexity index is 782. The van der Waals surface area contributed by atoms with Crippen molar-refractivity contribution in [2.45, 2.75) is 0 Å². The van der Waals surface area contributed by atoms with E-state index in [-0.39, 0.29) is 5.91 Å². The number of benzene rings is 2. The Kier molecular flexibility index (Phi) is 4.81. The highest BCUT2D eigenvalue weighted by atomic mass is 32.1. The van der Waals surface area contributed by atoms with E-state index in [9.17, 15) is 4.79 Å². The number of thiophene rings is 1. The Hall–Kier alpha value is -2.92. The fourth-order valence-corrected chi connectivity index (χ4v) is 2.47. The third-order valence-electron chi connectivity index (χ3n) is 3.00. The normalized spacial score (nSPS) is 10.6. The summed E-state index contributed by atoms with van der Waals surface area (Å²) in [6.45, 7) is 0. The first-order valence-electron chi connectivity index (χ1n) is 7.01. The second-order valence-corrected chi connectivity index (χ2v) is 5.63. The van der Waals surface area contributed by atoms with Gasteiger partial charge in [0.1, 0.15) is 11.5 Å². The molecule has 0 fully saturated rings. The molecule has 0 aliphatic heterocycles. The van der Waals surface area contributed by atoms with Gasteiger partial charge in [-0.1, -0.05) is 24.3 Å². The van der Waals surface area contributed by atoms with Crippen LogP contribution in [0.3, 0.4) is 0 Å². The third-order valence-corrected chi connectivity index (χ3v) is 3.80. The van der Waals surface area contributed by atoms with E-state index in [1.807, 2.05) is 47.8 Å². The summed E-state index contributed by atoms with van der Waals surface area (Å²) in [4.78, 5) is 13.0. The molecule has 0 spiro atoms. The van der Waals surface area contributed by atoms with Gasteiger partial charge in [-0.2, -0.15) is 5.10 Å². The number of para-hydroxylation sites is 1. The molecule has 5 heteroatoms. The highest BCUT2D eigenvalue weighted by Gasteiger charge is 2.04. The lowest BCUT2D eigenvalue weighted by molar-refractivity contribution is 0.0955. The average molecular weight is 322 g/mol. The van der Waals surface area contributed by atoms with E-state index >= 15 is 0 Å². The van der Waals surface area contributed by atoms with Gasteiger partial charge in [-0.3, -0.25) is 4.79 Å². The molecule has 0 bridgehead atoms. The summed E-state index contributed by atoms with van der Waals surface area (Å²) in [5.41, 5.74) is 3.02. The third kappa shape index (κ3) is 4.28. The Morgan fingerprint density at radius 3 is 2.39 bits per heavy atom. The molecule has 23 heavy (non-hydrogen) atoms. The van der Waals surface area contributed by atoms with Crippen LogP contribution in [0.5, 0.6) is 11.5 Å². The lowest BCUT2D eigenvalue weighted by Gasteiger charge is -2.06. The number of rotatable bonds is 5. The summed E-state index contributed by atoms with van der Waals surface area (Å²) in [7, 11) is 0. The summed E-state index contributed by atoms with van der Waals surface area (Å²) in [6.07, 6.45) is 1.62. The van der Waals surface area contributed by atoms with Crippen molar-refractivity contribution in [1.82, 2.24) is 5.43 Å². The van der Waals surface area contributed by atoms with Crippen molar-refractivity contribution >= 4 is 23.5 Å². The van der Waals surface area contributed by atoms with E-state index in [4.69, 9.17) is 4.74 Å². The first-order chi connectivity index (χ1) is 11.3. The van der Waals surface area contributed by atoms with E-state index in [1.165, 1.54) is 0 Å². The van der Waals surface area contributed by atoms with Gasteiger partial charge < -0.3 is 4.74 Å². The molecule has 0 radical (unpaired) electrons. The summed E-state index contributed by atoms with van der Waals surface area (Å²) >= 11 is 1.56. The van der Waals surface area contributed by atoms with E-state index in [1.54, 1.807) is 41.8 Å². The number of nitrogens with one attached hydrogen (secondary N) is 1. The van der Waals surface area contributed by atoms with Crippen molar-refractivity contribution in [2.75, 3.05) is 0 Å². The average Bonchev–Trinajstić information content (AvgIpc) is 3.10. The van der Waals surface area contributed by atoms with Crippen LogP contribution in [-0.4, -0.2) is 12.1 Å². The monoisotopic (exact) mass is 322 g/mol. The summed E-state index contributed by atoms with van der Waals surface area (Å²) in [6, 6.07) is 20.3. The van der Waals surface area contributed by atoms with Crippen LogP contribution in [0.25, 0.3) is 0 Å². The molecule has 1 aromatic heterocycles. The summed E-state index contributed by atoms with van der Waals surface area (Å²) in [5, 5.41) is 5.89. The molecule has 0 atom stereocenters. The molecule has 0 saturated carbocycles. The molecule has 114 valence electrons. The number of hydrogen-bond donors (Lipinski definition) is 1. The molecule has 1 N–H and O–H groups in total. The molecule has 1 heterocycles. The van der Waals surface area contributed by atoms with Crippen LogP contribution in [-0.2, 0) is 0 Å². The highest BCUT2D eigenvalue weighted by Crippen LogP contribution is 2.21. The van der Waals surface area contributed by atoms with E-state index in [0.717, 1.165) is 10.6 Å².